The molecule has 1 unspecified atom stereocenters. The number of rotatable bonds is 9. The summed E-state index contributed by atoms with van der Waals surface area (Å²) in [5, 5.41) is 2.95. The SMILES string of the molecule is CCN(CC)Cc1cccc(CNC(=O)C(N)Cc2ccccc2)c1. The van der Waals surface area contributed by atoms with E-state index < -0.39 is 6.04 Å². The summed E-state index contributed by atoms with van der Waals surface area (Å²) in [4.78, 5) is 14.6. The normalized spacial score (nSPS) is 12.2. The minimum absolute atomic E-state index is 0.113. The summed E-state index contributed by atoms with van der Waals surface area (Å²) in [5.74, 6) is -0.113. The number of carbonyl (C=O) groups excluding carboxylic acids is 1. The van der Waals surface area contributed by atoms with E-state index in [1.54, 1.807) is 0 Å². The molecule has 0 bridgehead atoms. The zero-order valence-electron chi connectivity index (χ0n) is 15.2. The van der Waals surface area contributed by atoms with Gasteiger partial charge in [-0.05, 0) is 36.2 Å². The Labute approximate surface area is 151 Å². The van der Waals surface area contributed by atoms with E-state index in [1.807, 2.05) is 42.5 Å². The molecule has 0 aromatic heterocycles. The molecule has 0 fully saturated rings. The number of carbonyl (C=O) groups is 1. The molecule has 2 aromatic rings. The fraction of sp³-hybridized carbons (Fsp3) is 0.381. The molecule has 4 heteroatoms. The van der Waals surface area contributed by atoms with Gasteiger partial charge in [0, 0.05) is 13.1 Å². The molecule has 134 valence electrons. The van der Waals surface area contributed by atoms with Crippen molar-refractivity contribution in [2.45, 2.75) is 39.4 Å². The van der Waals surface area contributed by atoms with Crippen LogP contribution in [0.4, 0.5) is 0 Å². The van der Waals surface area contributed by atoms with Crippen LogP contribution in [0.3, 0.4) is 0 Å². The highest BCUT2D eigenvalue weighted by molar-refractivity contribution is 5.81. The lowest BCUT2D eigenvalue weighted by Crippen LogP contribution is -2.41. The van der Waals surface area contributed by atoms with Crippen molar-refractivity contribution >= 4 is 5.91 Å². The van der Waals surface area contributed by atoms with Gasteiger partial charge < -0.3 is 11.1 Å². The molecule has 1 atom stereocenters. The molecule has 4 nitrogen and oxygen atoms in total. The van der Waals surface area contributed by atoms with Crippen LogP contribution in [0.5, 0.6) is 0 Å². The molecule has 3 N–H and O–H groups in total. The van der Waals surface area contributed by atoms with Crippen molar-refractivity contribution in [1.82, 2.24) is 10.2 Å². The van der Waals surface area contributed by atoms with Gasteiger partial charge in [0.2, 0.25) is 5.91 Å². The van der Waals surface area contributed by atoms with E-state index in [-0.39, 0.29) is 5.91 Å². The molecule has 1 amide bonds. The second-order valence-corrected chi connectivity index (χ2v) is 6.30. The Balaban J connectivity index is 1.86. The van der Waals surface area contributed by atoms with Gasteiger partial charge in [-0.15, -0.1) is 0 Å². The average molecular weight is 339 g/mol. The summed E-state index contributed by atoms with van der Waals surface area (Å²) in [5.41, 5.74) is 9.47. The summed E-state index contributed by atoms with van der Waals surface area (Å²) in [6.45, 7) is 7.84. The minimum Gasteiger partial charge on any atom is -0.351 e. The van der Waals surface area contributed by atoms with Crippen molar-refractivity contribution in [3.63, 3.8) is 0 Å². The van der Waals surface area contributed by atoms with Crippen molar-refractivity contribution in [2.24, 2.45) is 5.73 Å². The zero-order valence-corrected chi connectivity index (χ0v) is 15.2. The molecule has 25 heavy (non-hydrogen) atoms. The molecule has 0 saturated heterocycles. The van der Waals surface area contributed by atoms with Crippen LogP contribution >= 0.6 is 0 Å². The number of amides is 1. The lowest BCUT2D eigenvalue weighted by molar-refractivity contribution is -0.122. The third kappa shape index (κ3) is 6.33. The Morgan fingerprint density at radius 1 is 1.00 bits per heavy atom. The van der Waals surface area contributed by atoms with Crippen molar-refractivity contribution in [1.29, 1.82) is 0 Å². The van der Waals surface area contributed by atoms with E-state index in [1.165, 1.54) is 5.56 Å². The van der Waals surface area contributed by atoms with Gasteiger partial charge in [-0.2, -0.15) is 0 Å². The first-order chi connectivity index (χ1) is 12.1. The number of benzene rings is 2. The van der Waals surface area contributed by atoms with Gasteiger partial charge in [-0.1, -0.05) is 68.4 Å². The Bertz CT molecular complexity index is 653. The molecule has 2 aromatic carbocycles. The number of hydrogen-bond acceptors (Lipinski definition) is 3. The summed E-state index contributed by atoms with van der Waals surface area (Å²) in [6.07, 6.45) is 0.550. The Hall–Kier alpha value is -2.17. The molecular weight excluding hydrogens is 310 g/mol. The van der Waals surface area contributed by atoms with E-state index in [0.717, 1.165) is 30.8 Å². The maximum Gasteiger partial charge on any atom is 0.237 e. The average Bonchev–Trinajstić information content (AvgIpc) is 2.65. The first kappa shape index (κ1) is 19.2. The van der Waals surface area contributed by atoms with Crippen LogP contribution in [-0.4, -0.2) is 29.9 Å². The number of nitrogens with two attached hydrogens (primary N) is 1. The third-order valence-electron chi connectivity index (χ3n) is 4.39. The van der Waals surface area contributed by atoms with E-state index >= 15 is 0 Å². The zero-order chi connectivity index (χ0) is 18.1. The van der Waals surface area contributed by atoms with E-state index in [9.17, 15) is 4.79 Å². The highest BCUT2D eigenvalue weighted by atomic mass is 16.2. The number of nitrogens with zero attached hydrogens (tertiary/aromatic N) is 1. The van der Waals surface area contributed by atoms with Crippen LogP contribution in [0.1, 0.15) is 30.5 Å². The molecule has 0 heterocycles. The van der Waals surface area contributed by atoms with Crippen LogP contribution in [0.15, 0.2) is 54.6 Å². The van der Waals surface area contributed by atoms with E-state index in [4.69, 9.17) is 5.73 Å². The number of nitrogens with one attached hydrogen (secondary N) is 1. The second-order valence-electron chi connectivity index (χ2n) is 6.30. The predicted molar refractivity (Wildman–Crippen MR) is 103 cm³/mol. The Kier molecular flexibility index (Phi) is 7.64. The van der Waals surface area contributed by atoms with Gasteiger partial charge in [0.25, 0.3) is 0 Å². The molecule has 0 aliphatic rings. The molecule has 2 rings (SSSR count). The first-order valence-corrected chi connectivity index (χ1v) is 8.99. The molecule has 0 spiro atoms. The summed E-state index contributed by atoms with van der Waals surface area (Å²) in [7, 11) is 0. The quantitative estimate of drug-likeness (QED) is 0.738. The monoisotopic (exact) mass is 339 g/mol. The van der Waals surface area contributed by atoms with Crippen LogP contribution in [-0.2, 0) is 24.3 Å². The van der Waals surface area contributed by atoms with Gasteiger partial charge >= 0.3 is 0 Å². The van der Waals surface area contributed by atoms with Gasteiger partial charge in [0.15, 0.2) is 0 Å². The molecular formula is C21H29N3O. The minimum atomic E-state index is -0.527. The second kappa shape index (κ2) is 9.97. The molecule has 0 radical (unpaired) electrons. The largest absolute Gasteiger partial charge is 0.351 e. The van der Waals surface area contributed by atoms with Crippen LogP contribution in [0.25, 0.3) is 0 Å². The summed E-state index contributed by atoms with van der Waals surface area (Å²) >= 11 is 0. The molecule has 0 saturated carbocycles. The fourth-order valence-electron chi connectivity index (χ4n) is 2.82. The summed E-state index contributed by atoms with van der Waals surface area (Å²) in [6, 6.07) is 17.7. The predicted octanol–water partition coefficient (Wildman–Crippen LogP) is 2.71. The Morgan fingerprint density at radius 2 is 1.64 bits per heavy atom. The van der Waals surface area contributed by atoms with Crippen molar-refractivity contribution < 1.29 is 4.79 Å². The maximum absolute atomic E-state index is 12.2. The molecule has 0 aliphatic heterocycles. The topological polar surface area (TPSA) is 58.4 Å². The summed E-state index contributed by atoms with van der Waals surface area (Å²) < 4.78 is 0. The highest BCUT2D eigenvalue weighted by Crippen LogP contribution is 2.09. The first-order valence-electron chi connectivity index (χ1n) is 8.99. The fourth-order valence-corrected chi connectivity index (χ4v) is 2.82. The van der Waals surface area contributed by atoms with Gasteiger partial charge in [0.05, 0.1) is 6.04 Å². The smallest absolute Gasteiger partial charge is 0.237 e. The van der Waals surface area contributed by atoms with Crippen LogP contribution in [0, 0.1) is 0 Å². The maximum atomic E-state index is 12.2. The lowest BCUT2D eigenvalue weighted by Gasteiger charge is -2.18. The van der Waals surface area contributed by atoms with Crippen LogP contribution in [0.2, 0.25) is 0 Å². The third-order valence-corrected chi connectivity index (χ3v) is 4.39. The number of hydrogen-bond donors (Lipinski definition) is 2. The van der Waals surface area contributed by atoms with E-state index in [2.05, 4.69) is 36.2 Å². The van der Waals surface area contributed by atoms with Gasteiger partial charge in [-0.25, -0.2) is 0 Å². The van der Waals surface area contributed by atoms with Gasteiger partial charge in [-0.3, -0.25) is 9.69 Å². The van der Waals surface area contributed by atoms with Crippen LogP contribution < -0.4 is 11.1 Å². The van der Waals surface area contributed by atoms with Crippen molar-refractivity contribution in [3.8, 4) is 0 Å². The Morgan fingerprint density at radius 3 is 2.32 bits per heavy atom. The molecule has 0 aliphatic carbocycles. The van der Waals surface area contributed by atoms with Crippen molar-refractivity contribution in [3.05, 3.63) is 71.3 Å². The standard InChI is InChI=1S/C21H29N3O/c1-3-24(4-2)16-19-12-8-11-18(13-19)15-23-21(25)20(22)14-17-9-6-5-7-10-17/h5-13,20H,3-4,14-16,22H2,1-2H3,(H,23,25). The highest BCUT2D eigenvalue weighted by Gasteiger charge is 2.13. The van der Waals surface area contributed by atoms with Gasteiger partial charge in [0.1, 0.15) is 0 Å². The lowest BCUT2D eigenvalue weighted by atomic mass is 10.1. The van der Waals surface area contributed by atoms with Crippen molar-refractivity contribution in [2.75, 3.05) is 13.1 Å². The van der Waals surface area contributed by atoms with E-state index in [0.29, 0.717) is 13.0 Å².